The molecule has 2 heterocycles. The summed E-state index contributed by atoms with van der Waals surface area (Å²) in [6.07, 6.45) is 6.28. The van der Waals surface area contributed by atoms with Gasteiger partial charge in [-0.1, -0.05) is 11.6 Å². The number of benzene rings is 1. The third kappa shape index (κ3) is 3.90. The molecule has 27 heavy (non-hydrogen) atoms. The lowest BCUT2D eigenvalue weighted by Crippen LogP contribution is -2.24. The summed E-state index contributed by atoms with van der Waals surface area (Å²) in [5.41, 5.74) is 1.40. The van der Waals surface area contributed by atoms with Crippen molar-refractivity contribution in [2.75, 3.05) is 6.61 Å². The number of aryl methyl sites for hydroxylation is 3. The van der Waals surface area contributed by atoms with Crippen molar-refractivity contribution >= 4 is 33.2 Å². The Labute approximate surface area is 167 Å². The van der Waals surface area contributed by atoms with Gasteiger partial charge in [-0.05, 0) is 75.3 Å². The third-order valence-electron chi connectivity index (χ3n) is 5.12. The summed E-state index contributed by atoms with van der Waals surface area (Å²) >= 11 is 7.59. The molecule has 1 aromatic carbocycles. The van der Waals surface area contributed by atoms with Gasteiger partial charge in [0.25, 0.3) is 5.56 Å². The molecule has 0 saturated heterocycles. The average Bonchev–Trinajstić information content (AvgIpc) is 3.03. The van der Waals surface area contributed by atoms with Crippen LogP contribution in [-0.2, 0) is 19.4 Å². The van der Waals surface area contributed by atoms with Gasteiger partial charge in [0.1, 0.15) is 16.4 Å². The fourth-order valence-corrected chi connectivity index (χ4v) is 5.12. The first-order valence-corrected chi connectivity index (χ1v) is 10.7. The Morgan fingerprint density at radius 1 is 1.19 bits per heavy atom. The van der Waals surface area contributed by atoms with E-state index in [1.807, 2.05) is 35.8 Å². The minimum atomic E-state index is 0.135. The topological polar surface area (TPSA) is 44.1 Å². The second-order valence-corrected chi connectivity index (χ2v) is 8.54. The number of fused-ring (bicyclic) bond motifs is 3. The number of halogens is 1. The molecule has 0 unspecified atom stereocenters. The van der Waals surface area contributed by atoms with Gasteiger partial charge in [0.2, 0.25) is 0 Å². The molecule has 2 aromatic heterocycles. The largest absolute Gasteiger partial charge is 0.494 e. The minimum absolute atomic E-state index is 0.135. The van der Waals surface area contributed by atoms with Crippen LogP contribution < -0.4 is 10.3 Å². The van der Waals surface area contributed by atoms with Gasteiger partial charge in [-0.25, -0.2) is 4.98 Å². The van der Waals surface area contributed by atoms with Gasteiger partial charge >= 0.3 is 0 Å². The SMILES string of the molecule is Cc1nc2sc3c(c2c(=O)n1CCCCOc1ccc(Cl)cc1)CCCC3. The van der Waals surface area contributed by atoms with Crippen LogP contribution in [0.15, 0.2) is 29.1 Å². The maximum atomic E-state index is 13.1. The molecule has 0 N–H and O–H groups in total. The van der Waals surface area contributed by atoms with Gasteiger partial charge in [0.15, 0.2) is 0 Å². The smallest absolute Gasteiger partial charge is 0.262 e. The van der Waals surface area contributed by atoms with Crippen molar-refractivity contribution in [2.24, 2.45) is 0 Å². The van der Waals surface area contributed by atoms with Crippen molar-refractivity contribution in [3.63, 3.8) is 0 Å². The molecule has 0 atom stereocenters. The monoisotopic (exact) mass is 402 g/mol. The van der Waals surface area contributed by atoms with Crippen molar-refractivity contribution in [3.05, 3.63) is 55.9 Å². The molecule has 4 nitrogen and oxygen atoms in total. The summed E-state index contributed by atoms with van der Waals surface area (Å²) in [6, 6.07) is 7.38. The standard InChI is InChI=1S/C21H23ClN2O2S/c1-14-23-20-19(17-6-2-3-7-18(17)27-20)21(25)24(14)12-4-5-13-26-16-10-8-15(22)9-11-16/h8-11H,2-7,12-13H2,1H3. The molecule has 0 radical (unpaired) electrons. The molecule has 1 aliphatic carbocycles. The minimum Gasteiger partial charge on any atom is -0.494 e. The summed E-state index contributed by atoms with van der Waals surface area (Å²) in [5, 5.41) is 1.58. The van der Waals surface area contributed by atoms with Crippen LogP contribution in [0.4, 0.5) is 0 Å². The Balaban J connectivity index is 1.42. The van der Waals surface area contributed by atoms with E-state index in [0.29, 0.717) is 18.2 Å². The average molecular weight is 403 g/mol. The number of aromatic nitrogens is 2. The van der Waals surface area contributed by atoms with Crippen molar-refractivity contribution < 1.29 is 4.74 Å². The van der Waals surface area contributed by atoms with Crippen LogP contribution in [-0.4, -0.2) is 16.2 Å². The number of thiophene rings is 1. The molecule has 142 valence electrons. The van der Waals surface area contributed by atoms with Crippen molar-refractivity contribution in [1.29, 1.82) is 0 Å². The lowest BCUT2D eigenvalue weighted by atomic mass is 9.97. The maximum Gasteiger partial charge on any atom is 0.262 e. The molecule has 6 heteroatoms. The zero-order valence-corrected chi connectivity index (χ0v) is 17.0. The normalized spacial score (nSPS) is 13.7. The molecular formula is C21H23ClN2O2S. The third-order valence-corrected chi connectivity index (χ3v) is 6.56. The highest BCUT2D eigenvalue weighted by molar-refractivity contribution is 7.18. The van der Waals surface area contributed by atoms with Crippen molar-refractivity contribution in [1.82, 2.24) is 9.55 Å². The first kappa shape index (κ1) is 18.5. The number of hydrogen-bond acceptors (Lipinski definition) is 4. The Morgan fingerprint density at radius 3 is 2.78 bits per heavy atom. The number of rotatable bonds is 6. The van der Waals surface area contributed by atoms with E-state index in [0.717, 1.165) is 47.5 Å². The second kappa shape index (κ2) is 8.03. The molecule has 0 saturated carbocycles. The zero-order chi connectivity index (χ0) is 18.8. The van der Waals surface area contributed by atoms with E-state index in [1.165, 1.54) is 23.3 Å². The Bertz CT molecular complexity index is 1010. The number of hydrogen-bond donors (Lipinski definition) is 0. The molecule has 0 amide bonds. The quantitative estimate of drug-likeness (QED) is 0.535. The van der Waals surface area contributed by atoms with Crippen LogP contribution in [0.1, 0.15) is 41.9 Å². The maximum absolute atomic E-state index is 13.1. The van der Waals surface area contributed by atoms with E-state index in [-0.39, 0.29) is 5.56 Å². The van der Waals surface area contributed by atoms with Crippen LogP contribution in [0.2, 0.25) is 5.02 Å². The second-order valence-electron chi connectivity index (χ2n) is 7.02. The molecule has 0 spiro atoms. The lowest BCUT2D eigenvalue weighted by Gasteiger charge is -2.12. The first-order chi connectivity index (χ1) is 13.1. The molecule has 0 bridgehead atoms. The molecule has 1 aliphatic rings. The fraction of sp³-hybridized carbons (Fsp3) is 0.429. The van der Waals surface area contributed by atoms with Crippen LogP contribution in [0, 0.1) is 6.92 Å². The van der Waals surface area contributed by atoms with Gasteiger partial charge in [0, 0.05) is 16.4 Å². The van der Waals surface area contributed by atoms with Crippen molar-refractivity contribution in [3.8, 4) is 5.75 Å². The van der Waals surface area contributed by atoms with Gasteiger partial charge in [-0.3, -0.25) is 9.36 Å². The summed E-state index contributed by atoms with van der Waals surface area (Å²) in [4.78, 5) is 20.1. The summed E-state index contributed by atoms with van der Waals surface area (Å²) in [7, 11) is 0. The number of unbranched alkanes of at least 4 members (excludes halogenated alkanes) is 1. The Hall–Kier alpha value is -1.85. The van der Waals surface area contributed by atoms with Gasteiger partial charge < -0.3 is 4.74 Å². The molecule has 4 rings (SSSR count). The van der Waals surface area contributed by atoms with E-state index < -0.39 is 0 Å². The van der Waals surface area contributed by atoms with Crippen LogP contribution >= 0.6 is 22.9 Å². The predicted molar refractivity (Wildman–Crippen MR) is 111 cm³/mol. The predicted octanol–water partition coefficient (Wildman–Crippen LogP) is 5.16. The fourth-order valence-electron chi connectivity index (χ4n) is 3.70. The lowest BCUT2D eigenvalue weighted by molar-refractivity contribution is 0.302. The van der Waals surface area contributed by atoms with E-state index in [1.54, 1.807) is 11.3 Å². The first-order valence-electron chi connectivity index (χ1n) is 9.53. The Morgan fingerprint density at radius 2 is 1.96 bits per heavy atom. The van der Waals surface area contributed by atoms with Gasteiger partial charge in [-0.2, -0.15) is 0 Å². The van der Waals surface area contributed by atoms with E-state index >= 15 is 0 Å². The summed E-state index contributed by atoms with van der Waals surface area (Å²) in [5.74, 6) is 1.63. The number of ether oxygens (including phenoxy) is 1. The molecular weight excluding hydrogens is 380 g/mol. The van der Waals surface area contributed by atoms with Crippen LogP contribution in [0.5, 0.6) is 5.75 Å². The van der Waals surface area contributed by atoms with E-state index in [9.17, 15) is 4.79 Å². The Kier molecular flexibility index (Phi) is 5.50. The zero-order valence-electron chi connectivity index (χ0n) is 15.5. The van der Waals surface area contributed by atoms with Gasteiger partial charge in [-0.15, -0.1) is 11.3 Å². The highest BCUT2D eigenvalue weighted by Crippen LogP contribution is 2.33. The van der Waals surface area contributed by atoms with Crippen LogP contribution in [0.25, 0.3) is 10.2 Å². The molecule has 3 aromatic rings. The van der Waals surface area contributed by atoms with E-state index in [4.69, 9.17) is 21.3 Å². The van der Waals surface area contributed by atoms with Gasteiger partial charge in [0.05, 0.1) is 12.0 Å². The number of nitrogens with zero attached hydrogens (tertiary/aromatic N) is 2. The summed E-state index contributed by atoms with van der Waals surface area (Å²) < 4.78 is 7.57. The van der Waals surface area contributed by atoms with Crippen molar-refractivity contribution in [2.45, 2.75) is 52.0 Å². The summed E-state index contributed by atoms with van der Waals surface area (Å²) in [6.45, 7) is 3.24. The van der Waals surface area contributed by atoms with Crippen LogP contribution in [0.3, 0.4) is 0 Å². The van der Waals surface area contributed by atoms with E-state index in [2.05, 4.69) is 0 Å². The highest BCUT2D eigenvalue weighted by atomic mass is 35.5. The highest BCUT2D eigenvalue weighted by Gasteiger charge is 2.20. The molecule has 0 fully saturated rings. The molecule has 0 aliphatic heterocycles.